The van der Waals surface area contributed by atoms with Crippen LogP contribution in [0.5, 0.6) is 11.5 Å². The molecule has 2 rings (SSSR count). The minimum atomic E-state index is -0.00660. The first-order valence-electron chi connectivity index (χ1n) is 5.72. The van der Waals surface area contributed by atoms with E-state index in [2.05, 4.69) is 0 Å². The second kappa shape index (κ2) is 6.20. The first-order valence-corrected chi connectivity index (χ1v) is 6.60. The van der Waals surface area contributed by atoms with Gasteiger partial charge < -0.3 is 9.47 Å². The van der Waals surface area contributed by atoms with E-state index < -0.39 is 0 Å². The number of carbonyl (C=O) groups excluding carboxylic acids is 1. The molecular weight excluding hydrogens is 260 g/mol. The fraction of sp³-hybridized carbons (Fsp3) is 0.133. The highest BCUT2D eigenvalue weighted by atomic mass is 32.1. The lowest BCUT2D eigenvalue weighted by Crippen LogP contribution is -1.91. The molecule has 0 atom stereocenters. The molecule has 0 aliphatic carbocycles. The summed E-state index contributed by atoms with van der Waals surface area (Å²) in [5.74, 6) is 1.39. The quantitative estimate of drug-likeness (QED) is 0.616. The van der Waals surface area contributed by atoms with Gasteiger partial charge in [0.25, 0.3) is 0 Å². The van der Waals surface area contributed by atoms with E-state index in [1.807, 2.05) is 29.6 Å². The van der Waals surface area contributed by atoms with E-state index >= 15 is 0 Å². The number of ether oxygens (including phenoxy) is 2. The highest BCUT2D eigenvalue weighted by Gasteiger charge is 2.05. The van der Waals surface area contributed by atoms with Gasteiger partial charge in [-0.1, -0.05) is 6.07 Å². The number of methoxy groups -OCH3 is 2. The summed E-state index contributed by atoms with van der Waals surface area (Å²) in [5, 5.41) is 1.88. The van der Waals surface area contributed by atoms with Crippen molar-refractivity contribution < 1.29 is 14.3 Å². The van der Waals surface area contributed by atoms with E-state index in [9.17, 15) is 4.79 Å². The largest absolute Gasteiger partial charge is 0.497 e. The zero-order valence-electron chi connectivity index (χ0n) is 10.8. The monoisotopic (exact) mass is 274 g/mol. The van der Waals surface area contributed by atoms with Gasteiger partial charge in [-0.05, 0) is 35.7 Å². The number of thiophene rings is 1. The summed E-state index contributed by atoms with van der Waals surface area (Å²) >= 11 is 1.43. The number of hydrogen-bond donors (Lipinski definition) is 0. The highest BCUT2D eigenvalue weighted by molar-refractivity contribution is 7.12. The predicted molar refractivity (Wildman–Crippen MR) is 77.2 cm³/mol. The molecule has 0 amide bonds. The third-order valence-corrected chi connectivity index (χ3v) is 3.50. The highest BCUT2D eigenvalue weighted by Crippen LogP contribution is 2.25. The summed E-state index contributed by atoms with van der Waals surface area (Å²) in [6, 6.07) is 9.14. The summed E-state index contributed by atoms with van der Waals surface area (Å²) in [4.78, 5) is 12.6. The minimum absolute atomic E-state index is 0.00660. The van der Waals surface area contributed by atoms with Gasteiger partial charge in [0.2, 0.25) is 0 Å². The Labute approximate surface area is 116 Å². The zero-order chi connectivity index (χ0) is 13.7. The van der Waals surface area contributed by atoms with Gasteiger partial charge in [0.05, 0.1) is 19.1 Å². The van der Waals surface area contributed by atoms with E-state index in [-0.39, 0.29) is 5.78 Å². The molecule has 3 nitrogen and oxygen atoms in total. The summed E-state index contributed by atoms with van der Waals surface area (Å²) in [6.07, 6.45) is 3.30. The van der Waals surface area contributed by atoms with Crippen molar-refractivity contribution >= 4 is 23.2 Å². The number of allylic oxidation sites excluding steroid dienone is 1. The lowest BCUT2D eigenvalue weighted by molar-refractivity contribution is 0.105. The Hall–Kier alpha value is -2.07. The van der Waals surface area contributed by atoms with Crippen molar-refractivity contribution in [2.75, 3.05) is 14.2 Å². The maximum absolute atomic E-state index is 11.9. The van der Waals surface area contributed by atoms with Crippen LogP contribution in [-0.2, 0) is 0 Å². The van der Waals surface area contributed by atoms with Crippen molar-refractivity contribution in [3.63, 3.8) is 0 Å². The van der Waals surface area contributed by atoms with Crippen molar-refractivity contribution in [2.45, 2.75) is 0 Å². The second-order valence-electron chi connectivity index (χ2n) is 3.78. The Bertz CT molecular complexity index is 585. The lowest BCUT2D eigenvalue weighted by Gasteiger charge is -2.07. The molecule has 1 aromatic carbocycles. The van der Waals surface area contributed by atoms with Crippen LogP contribution in [0.4, 0.5) is 0 Å². The Morgan fingerprint density at radius 2 is 2.05 bits per heavy atom. The first-order chi connectivity index (χ1) is 9.24. The van der Waals surface area contributed by atoms with Crippen molar-refractivity contribution in [1.82, 2.24) is 0 Å². The van der Waals surface area contributed by atoms with E-state index in [1.54, 1.807) is 32.4 Å². The van der Waals surface area contributed by atoms with E-state index in [4.69, 9.17) is 9.47 Å². The van der Waals surface area contributed by atoms with Gasteiger partial charge in [0.1, 0.15) is 11.5 Å². The second-order valence-corrected chi connectivity index (χ2v) is 4.73. The molecule has 0 spiro atoms. The van der Waals surface area contributed by atoms with Crippen LogP contribution in [0, 0.1) is 0 Å². The smallest absolute Gasteiger partial charge is 0.195 e. The maximum Gasteiger partial charge on any atom is 0.195 e. The van der Waals surface area contributed by atoms with Crippen LogP contribution in [-0.4, -0.2) is 20.0 Å². The summed E-state index contributed by atoms with van der Waals surface area (Å²) in [7, 11) is 3.19. The van der Waals surface area contributed by atoms with Crippen LogP contribution in [0.3, 0.4) is 0 Å². The average Bonchev–Trinajstić information content (AvgIpc) is 2.98. The number of benzene rings is 1. The molecule has 98 valence electrons. The molecule has 1 aromatic heterocycles. The van der Waals surface area contributed by atoms with Gasteiger partial charge in [0, 0.05) is 11.6 Å². The van der Waals surface area contributed by atoms with Crippen LogP contribution >= 0.6 is 11.3 Å². The summed E-state index contributed by atoms with van der Waals surface area (Å²) in [6.45, 7) is 0. The molecule has 0 saturated carbocycles. The number of hydrogen-bond acceptors (Lipinski definition) is 4. The fourth-order valence-corrected chi connectivity index (χ4v) is 2.27. The predicted octanol–water partition coefficient (Wildman–Crippen LogP) is 3.66. The normalized spacial score (nSPS) is 10.6. The van der Waals surface area contributed by atoms with Crippen LogP contribution in [0.25, 0.3) is 6.08 Å². The number of rotatable bonds is 5. The lowest BCUT2D eigenvalue weighted by atomic mass is 10.1. The molecule has 0 aliphatic heterocycles. The van der Waals surface area contributed by atoms with Crippen LogP contribution < -0.4 is 9.47 Å². The first kappa shape index (κ1) is 13.4. The van der Waals surface area contributed by atoms with Crippen molar-refractivity contribution in [3.05, 3.63) is 52.2 Å². The summed E-state index contributed by atoms with van der Waals surface area (Å²) < 4.78 is 10.4. The molecule has 4 heteroatoms. The third-order valence-electron chi connectivity index (χ3n) is 2.62. The SMILES string of the molecule is COc1ccc(/C=C/C(=O)c2cccs2)c(OC)c1. The molecule has 0 unspecified atom stereocenters. The van der Waals surface area contributed by atoms with Crippen LogP contribution in [0.15, 0.2) is 41.8 Å². The van der Waals surface area contributed by atoms with Crippen molar-refractivity contribution in [2.24, 2.45) is 0 Å². The fourth-order valence-electron chi connectivity index (χ4n) is 1.62. The van der Waals surface area contributed by atoms with Crippen molar-refractivity contribution in [1.29, 1.82) is 0 Å². The van der Waals surface area contributed by atoms with Gasteiger partial charge in [-0.15, -0.1) is 11.3 Å². The number of carbonyl (C=O) groups is 1. The Kier molecular flexibility index (Phi) is 4.36. The number of ketones is 1. The molecule has 19 heavy (non-hydrogen) atoms. The molecule has 0 fully saturated rings. The molecule has 2 aromatic rings. The Balaban J connectivity index is 2.21. The van der Waals surface area contributed by atoms with Crippen LogP contribution in [0.1, 0.15) is 15.2 Å². The third kappa shape index (κ3) is 3.23. The van der Waals surface area contributed by atoms with Crippen molar-refractivity contribution in [3.8, 4) is 11.5 Å². The maximum atomic E-state index is 11.9. The van der Waals surface area contributed by atoms with Gasteiger partial charge >= 0.3 is 0 Å². The molecule has 0 saturated heterocycles. The minimum Gasteiger partial charge on any atom is -0.497 e. The topological polar surface area (TPSA) is 35.5 Å². The Morgan fingerprint density at radius 1 is 1.21 bits per heavy atom. The molecule has 0 N–H and O–H groups in total. The molecule has 0 bridgehead atoms. The van der Waals surface area contributed by atoms with Crippen LogP contribution in [0.2, 0.25) is 0 Å². The molecular formula is C15H14O3S. The Morgan fingerprint density at radius 3 is 2.68 bits per heavy atom. The van der Waals surface area contributed by atoms with E-state index in [1.165, 1.54) is 11.3 Å². The van der Waals surface area contributed by atoms with Gasteiger partial charge in [0.15, 0.2) is 5.78 Å². The van der Waals surface area contributed by atoms with E-state index in [0.717, 1.165) is 16.2 Å². The van der Waals surface area contributed by atoms with Gasteiger partial charge in [-0.25, -0.2) is 0 Å². The van der Waals surface area contributed by atoms with E-state index in [0.29, 0.717) is 5.75 Å². The van der Waals surface area contributed by atoms with Gasteiger partial charge in [-0.3, -0.25) is 4.79 Å². The molecule has 0 radical (unpaired) electrons. The van der Waals surface area contributed by atoms with Gasteiger partial charge in [-0.2, -0.15) is 0 Å². The zero-order valence-corrected chi connectivity index (χ0v) is 11.6. The summed E-state index contributed by atoms with van der Waals surface area (Å²) in [5.41, 5.74) is 0.841. The average molecular weight is 274 g/mol. The molecule has 1 heterocycles. The standard InChI is InChI=1S/C15H14O3S/c1-17-12-7-5-11(14(10-12)18-2)6-8-13(16)15-4-3-9-19-15/h3-10H,1-2H3/b8-6+. The molecule has 0 aliphatic rings.